The number of aryl methyl sites for hydroxylation is 1. The lowest BCUT2D eigenvalue weighted by atomic mass is 10.0. The summed E-state index contributed by atoms with van der Waals surface area (Å²) in [5.41, 5.74) is 2.10. The molecule has 0 heterocycles. The predicted octanol–water partition coefficient (Wildman–Crippen LogP) is 2.70. The van der Waals surface area contributed by atoms with E-state index in [1.165, 1.54) is 17.7 Å². The van der Waals surface area contributed by atoms with E-state index in [2.05, 4.69) is 17.0 Å². The molecule has 0 aliphatic carbocycles. The Labute approximate surface area is 131 Å². The number of phenols is 2. The Bertz CT molecular complexity index is 586. The quantitative estimate of drug-likeness (QED) is 0.688. The fourth-order valence-electron chi connectivity index (χ4n) is 2.58. The number of hydrogen-bond donors (Lipinski definition) is 3. The third-order valence-corrected chi connectivity index (χ3v) is 3.91. The fraction of sp³-hybridized carbons (Fsp3) is 0.333. The molecular formula is C18H23NO3. The highest BCUT2D eigenvalue weighted by atomic mass is 16.3. The molecule has 0 saturated carbocycles. The maximum atomic E-state index is 9.64. The van der Waals surface area contributed by atoms with E-state index in [1.807, 2.05) is 25.2 Å². The standard InChI is InChI=1S/C18H23NO3/c1-19(11-5-8-14-6-3-2-4-7-14)16(13-20)15-9-10-17(21)18(22)12-15/h2-4,6-7,9-10,12,16,20-22H,5,8,11,13H2,1H3. The molecule has 0 radical (unpaired) electrons. The van der Waals surface area contributed by atoms with Gasteiger partial charge >= 0.3 is 0 Å². The van der Waals surface area contributed by atoms with E-state index in [0.717, 1.165) is 24.9 Å². The number of nitrogens with zero attached hydrogens (tertiary/aromatic N) is 1. The molecule has 2 rings (SSSR count). The van der Waals surface area contributed by atoms with E-state index in [-0.39, 0.29) is 24.1 Å². The molecule has 0 aliphatic rings. The minimum atomic E-state index is -0.192. The second-order valence-electron chi connectivity index (χ2n) is 5.52. The number of aliphatic hydroxyl groups excluding tert-OH is 1. The molecule has 0 aromatic heterocycles. The maximum Gasteiger partial charge on any atom is 0.157 e. The summed E-state index contributed by atoms with van der Waals surface area (Å²) in [6, 6.07) is 14.8. The van der Waals surface area contributed by atoms with E-state index in [0.29, 0.717) is 0 Å². The van der Waals surface area contributed by atoms with Gasteiger partial charge in [0.25, 0.3) is 0 Å². The van der Waals surface area contributed by atoms with Gasteiger partial charge in [-0.1, -0.05) is 36.4 Å². The van der Waals surface area contributed by atoms with Gasteiger partial charge in [-0.2, -0.15) is 0 Å². The van der Waals surface area contributed by atoms with Crippen LogP contribution < -0.4 is 0 Å². The smallest absolute Gasteiger partial charge is 0.157 e. The minimum absolute atomic E-state index is 0.0357. The molecule has 0 bridgehead atoms. The number of hydrogen-bond acceptors (Lipinski definition) is 4. The number of phenolic OH excluding ortho intramolecular Hbond substituents is 2. The molecule has 1 atom stereocenters. The van der Waals surface area contributed by atoms with Gasteiger partial charge in [0.15, 0.2) is 11.5 Å². The first-order valence-corrected chi connectivity index (χ1v) is 7.48. The lowest BCUT2D eigenvalue weighted by Gasteiger charge is -2.27. The summed E-state index contributed by atoms with van der Waals surface area (Å²) in [5.74, 6) is -0.305. The monoisotopic (exact) mass is 301 g/mol. The fourth-order valence-corrected chi connectivity index (χ4v) is 2.58. The highest BCUT2D eigenvalue weighted by Gasteiger charge is 2.17. The van der Waals surface area contributed by atoms with Gasteiger partial charge in [0.1, 0.15) is 0 Å². The molecule has 0 amide bonds. The van der Waals surface area contributed by atoms with Gasteiger partial charge in [0.2, 0.25) is 0 Å². The van der Waals surface area contributed by atoms with Gasteiger partial charge in [-0.25, -0.2) is 0 Å². The molecule has 22 heavy (non-hydrogen) atoms. The summed E-state index contributed by atoms with van der Waals surface area (Å²) in [7, 11) is 1.95. The van der Waals surface area contributed by atoms with Crippen LogP contribution in [0.3, 0.4) is 0 Å². The molecule has 0 fully saturated rings. The second-order valence-corrected chi connectivity index (χ2v) is 5.52. The molecule has 0 spiro atoms. The predicted molar refractivity (Wildman–Crippen MR) is 87.0 cm³/mol. The summed E-state index contributed by atoms with van der Waals surface area (Å²) in [6.45, 7) is 0.799. The molecular weight excluding hydrogens is 278 g/mol. The Morgan fingerprint density at radius 1 is 1.00 bits per heavy atom. The summed E-state index contributed by atoms with van der Waals surface area (Å²) >= 11 is 0. The lowest BCUT2D eigenvalue weighted by molar-refractivity contribution is 0.146. The highest BCUT2D eigenvalue weighted by molar-refractivity contribution is 5.41. The van der Waals surface area contributed by atoms with E-state index < -0.39 is 0 Å². The Morgan fingerprint density at radius 3 is 2.36 bits per heavy atom. The van der Waals surface area contributed by atoms with Crippen LogP contribution in [0.25, 0.3) is 0 Å². The summed E-state index contributed by atoms with van der Waals surface area (Å²) in [5, 5.41) is 28.6. The van der Waals surface area contributed by atoms with E-state index >= 15 is 0 Å². The molecule has 3 N–H and O–H groups in total. The van der Waals surface area contributed by atoms with E-state index in [1.54, 1.807) is 6.07 Å². The minimum Gasteiger partial charge on any atom is -0.504 e. The Kier molecular flexibility index (Phi) is 5.81. The molecule has 0 aliphatic heterocycles. The van der Waals surface area contributed by atoms with Crippen LogP contribution in [-0.2, 0) is 6.42 Å². The van der Waals surface area contributed by atoms with Crippen molar-refractivity contribution in [1.82, 2.24) is 4.90 Å². The van der Waals surface area contributed by atoms with Crippen LogP contribution in [0.5, 0.6) is 11.5 Å². The van der Waals surface area contributed by atoms with Crippen molar-refractivity contribution < 1.29 is 15.3 Å². The Morgan fingerprint density at radius 2 is 1.73 bits per heavy atom. The largest absolute Gasteiger partial charge is 0.504 e. The zero-order valence-electron chi connectivity index (χ0n) is 12.8. The van der Waals surface area contributed by atoms with Crippen molar-refractivity contribution in [3.8, 4) is 11.5 Å². The SMILES string of the molecule is CN(CCCc1ccccc1)C(CO)c1ccc(O)c(O)c1. The number of aromatic hydroxyl groups is 2. The van der Waals surface area contributed by atoms with Crippen LogP contribution in [-0.4, -0.2) is 40.4 Å². The van der Waals surface area contributed by atoms with Gasteiger partial charge in [-0.3, -0.25) is 4.90 Å². The number of rotatable bonds is 7. The number of likely N-dealkylation sites (N-methyl/N-ethyl adjacent to an activating group) is 1. The van der Waals surface area contributed by atoms with Crippen molar-refractivity contribution in [2.45, 2.75) is 18.9 Å². The van der Waals surface area contributed by atoms with Crippen LogP contribution in [0, 0.1) is 0 Å². The second kappa shape index (κ2) is 7.82. The van der Waals surface area contributed by atoms with Crippen LogP contribution in [0.2, 0.25) is 0 Å². The van der Waals surface area contributed by atoms with Crippen molar-refractivity contribution in [2.24, 2.45) is 0 Å². The first-order valence-electron chi connectivity index (χ1n) is 7.48. The van der Waals surface area contributed by atoms with Crippen molar-refractivity contribution >= 4 is 0 Å². The highest BCUT2D eigenvalue weighted by Crippen LogP contribution is 2.29. The molecule has 4 heteroatoms. The Balaban J connectivity index is 1.93. The van der Waals surface area contributed by atoms with Gasteiger partial charge < -0.3 is 15.3 Å². The van der Waals surface area contributed by atoms with Gasteiger partial charge in [-0.05, 0) is 49.7 Å². The van der Waals surface area contributed by atoms with Crippen molar-refractivity contribution in [3.63, 3.8) is 0 Å². The molecule has 2 aromatic carbocycles. The number of aliphatic hydroxyl groups is 1. The zero-order valence-corrected chi connectivity index (χ0v) is 12.8. The molecule has 4 nitrogen and oxygen atoms in total. The molecule has 118 valence electrons. The van der Waals surface area contributed by atoms with Crippen molar-refractivity contribution in [3.05, 3.63) is 59.7 Å². The summed E-state index contributed by atoms with van der Waals surface area (Å²) in [6.07, 6.45) is 1.98. The summed E-state index contributed by atoms with van der Waals surface area (Å²) in [4.78, 5) is 2.06. The van der Waals surface area contributed by atoms with Crippen LogP contribution in [0.15, 0.2) is 48.5 Å². The van der Waals surface area contributed by atoms with Crippen molar-refractivity contribution in [2.75, 3.05) is 20.2 Å². The van der Waals surface area contributed by atoms with E-state index in [4.69, 9.17) is 0 Å². The van der Waals surface area contributed by atoms with Gasteiger partial charge in [-0.15, -0.1) is 0 Å². The van der Waals surface area contributed by atoms with E-state index in [9.17, 15) is 15.3 Å². The zero-order chi connectivity index (χ0) is 15.9. The molecule has 2 aromatic rings. The van der Waals surface area contributed by atoms with Gasteiger partial charge in [0, 0.05) is 0 Å². The normalized spacial score (nSPS) is 12.5. The topological polar surface area (TPSA) is 63.9 Å². The van der Waals surface area contributed by atoms with Crippen LogP contribution >= 0.6 is 0 Å². The van der Waals surface area contributed by atoms with Crippen LogP contribution in [0.4, 0.5) is 0 Å². The van der Waals surface area contributed by atoms with Gasteiger partial charge in [0.05, 0.1) is 12.6 Å². The molecule has 0 saturated heterocycles. The number of benzene rings is 2. The molecule has 1 unspecified atom stereocenters. The first-order chi connectivity index (χ1) is 10.6. The first kappa shape index (κ1) is 16.3. The maximum absolute atomic E-state index is 9.64. The van der Waals surface area contributed by atoms with Crippen LogP contribution in [0.1, 0.15) is 23.6 Å². The average molecular weight is 301 g/mol. The lowest BCUT2D eigenvalue weighted by Crippen LogP contribution is -2.28. The van der Waals surface area contributed by atoms with Crippen molar-refractivity contribution in [1.29, 1.82) is 0 Å². The third kappa shape index (κ3) is 4.23. The Hall–Kier alpha value is -2.04. The average Bonchev–Trinajstić information content (AvgIpc) is 2.52. The summed E-state index contributed by atoms with van der Waals surface area (Å²) < 4.78 is 0. The third-order valence-electron chi connectivity index (χ3n) is 3.91.